The molecular weight excluding hydrogens is 428 g/mol. The number of aryl methyl sites for hydroxylation is 2. The molecule has 5 rings (SSSR count). The highest BCUT2D eigenvalue weighted by atomic mass is 32.1. The molecule has 0 spiro atoms. The Kier molecular flexibility index (Phi) is 6.09. The second kappa shape index (κ2) is 9.32. The average Bonchev–Trinajstić information content (AvgIpc) is 3.14. The lowest BCUT2D eigenvalue weighted by molar-refractivity contribution is -0.120. The Morgan fingerprint density at radius 1 is 1.03 bits per heavy atom. The van der Waals surface area contributed by atoms with Crippen molar-refractivity contribution < 1.29 is 4.79 Å². The number of hydrogen-bond acceptors (Lipinski definition) is 5. The van der Waals surface area contributed by atoms with Crippen LogP contribution in [-0.2, 0) is 11.2 Å². The number of aromatic nitrogens is 2. The fraction of sp³-hybridized carbons (Fsp3) is 0.296. The lowest BCUT2D eigenvalue weighted by atomic mass is 9.95. The van der Waals surface area contributed by atoms with E-state index in [-0.39, 0.29) is 11.8 Å². The van der Waals surface area contributed by atoms with Gasteiger partial charge in [0.05, 0.1) is 5.39 Å². The quantitative estimate of drug-likeness (QED) is 0.415. The zero-order valence-electron chi connectivity index (χ0n) is 19.0. The number of para-hydroxylation sites is 1. The summed E-state index contributed by atoms with van der Waals surface area (Å²) in [5.74, 6) is 1.13. The van der Waals surface area contributed by atoms with Crippen LogP contribution in [-0.4, -0.2) is 29.0 Å². The van der Waals surface area contributed by atoms with Crippen LogP contribution >= 0.6 is 11.3 Å². The first-order chi connectivity index (χ1) is 16.1. The van der Waals surface area contributed by atoms with Crippen LogP contribution in [0.15, 0.2) is 60.9 Å². The van der Waals surface area contributed by atoms with E-state index in [1.807, 2.05) is 24.3 Å². The third-order valence-electron chi connectivity index (χ3n) is 6.62. The molecular formula is C27H28N4OS. The summed E-state index contributed by atoms with van der Waals surface area (Å²) in [7, 11) is 0. The molecule has 1 amide bonds. The molecule has 2 aromatic carbocycles. The van der Waals surface area contributed by atoms with Crippen LogP contribution in [0, 0.1) is 19.8 Å². The maximum absolute atomic E-state index is 13.1. The highest BCUT2D eigenvalue weighted by Gasteiger charge is 2.27. The molecule has 0 unspecified atom stereocenters. The number of fused-ring (bicyclic) bond motifs is 1. The lowest BCUT2D eigenvalue weighted by Gasteiger charge is -2.32. The van der Waals surface area contributed by atoms with Crippen LogP contribution in [0.25, 0.3) is 10.2 Å². The largest absolute Gasteiger partial charge is 0.356 e. The summed E-state index contributed by atoms with van der Waals surface area (Å²) in [6.45, 7) is 5.93. The van der Waals surface area contributed by atoms with Crippen molar-refractivity contribution in [1.82, 2.24) is 9.97 Å². The van der Waals surface area contributed by atoms with Gasteiger partial charge < -0.3 is 10.2 Å². The Labute approximate surface area is 198 Å². The summed E-state index contributed by atoms with van der Waals surface area (Å²) in [5, 5.41) is 4.38. The van der Waals surface area contributed by atoms with E-state index >= 15 is 0 Å². The zero-order valence-corrected chi connectivity index (χ0v) is 19.9. The van der Waals surface area contributed by atoms with Gasteiger partial charge in [0, 0.05) is 29.6 Å². The van der Waals surface area contributed by atoms with E-state index < -0.39 is 0 Å². The molecule has 1 aliphatic heterocycles. The van der Waals surface area contributed by atoms with Crippen molar-refractivity contribution in [3.8, 4) is 0 Å². The predicted octanol–water partition coefficient (Wildman–Crippen LogP) is 5.75. The van der Waals surface area contributed by atoms with Crippen LogP contribution in [0.4, 0.5) is 11.5 Å². The Morgan fingerprint density at radius 2 is 1.76 bits per heavy atom. The average molecular weight is 457 g/mol. The first-order valence-electron chi connectivity index (χ1n) is 11.5. The Morgan fingerprint density at radius 3 is 2.55 bits per heavy atom. The molecule has 0 radical (unpaired) electrons. The number of thiophene rings is 1. The molecule has 2 aromatic heterocycles. The first-order valence-corrected chi connectivity index (χ1v) is 12.3. The third-order valence-corrected chi connectivity index (χ3v) is 7.74. The Bertz CT molecular complexity index is 1280. The number of benzene rings is 2. The topological polar surface area (TPSA) is 58.1 Å². The van der Waals surface area contributed by atoms with Crippen LogP contribution < -0.4 is 10.2 Å². The summed E-state index contributed by atoms with van der Waals surface area (Å²) in [6, 6.07) is 18.5. The fourth-order valence-corrected chi connectivity index (χ4v) is 5.60. The number of nitrogens with zero attached hydrogens (tertiary/aromatic N) is 3. The number of carbonyl (C=O) groups excluding carboxylic acids is 1. The van der Waals surface area contributed by atoms with Gasteiger partial charge in [-0.2, -0.15) is 0 Å². The van der Waals surface area contributed by atoms with Gasteiger partial charge in [0.25, 0.3) is 0 Å². The lowest BCUT2D eigenvalue weighted by Crippen LogP contribution is -2.38. The van der Waals surface area contributed by atoms with Gasteiger partial charge in [-0.15, -0.1) is 11.3 Å². The maximum atomic E-state index is 13.1. The van der Waals surface area contributed by atoms with Crippen molar-refractivity contribution in [3.05, 3.63) is 82.5 Å². The number of hydrogen-bond donors (Lipinski definition) is 1. The molecule has 0 atom stereocenters. The number of anilines is 2. The number of amides is 1. The van der Waals surface area contributed by atoms with Crippen molar-refractivity contribution in [2.75, 3.05) is 23.3 Å². The van der Waals surface area contributed by atoms with Gasteiger partial charge in [0.15, 0.2) is 0 Å². The van der Waals surface area contributed by atoms with Gasteiger partial charge in [-0.05, 0) is 55.9 Å². The summed E-state index contributed by atoms with van der Waals surface area (Å²) in [5.41, 5.74) is 4.56. The minimum Gasteiger partial charge on any atom is -0.356 e. The van der Waals surface area contributed by atoms with Gasteiger partial charge in [0.1, 0.15) is 17.0 Å². The highest BCUT2D eigenvalue weighted by molar-refractivity contribution is 7.18. The number of piperidine rings is 1. The van der Waals surface area contributed by atoms with Gasteiger partial charge in [-0.1, -0.05) is 48.5 Å². The maximum Gasteiger partial charge on any atom is 0.227 e. The molecule has 4 aromatic rings. The van der Waals surface area contributed by atoms with Gasteiger partial charge in [0.2, 0.25) is 5.91 Å². The standard InChI is InChI=1S/C27H28N4OS/c1-18-19(2)33-27-24(18)25(28-17-29-27)31-14-12-21(13-15-31)26(32)30-23-11-7-6-10-22(23)16-20-8-4-3-5-9-20/h3-11,17,21H,12-16H2,1-2H3,(H,30,32). The Hall–Kier alpha value is -3.25. The molecule has 5 nitrogen and oxygen atoms in total. The summed E-state index contributed by atoms with van der Waals surface area (Å²) in [6.07, 6.45) is 4.11. The predicted molar refractivity (Wildman–Crippen MR) is 136 cm³/mol. The van der Waals surface area contributed by atoms with E-state index in [0.29, 0.717) is 0 Å². The molecule has 0 saturated carbocycles. The van der Waals surface area contributed by atoms with Crippen molar-refractivity contribution in [3.63, 3.8) is 0 Å². The minimum atomic E-state index is 0.00803. The second-order valence-corrected chi connectivity index (χ2v) is 9.93. The molecule has 3 heterocycles. The molecule has 0 aliphatic carbocycles. The molecule has 168 valence electrons. The fourth-order valence-electron chi connectivity index (χ4n) is 4.60. The summed E-state index contributed by atoms with van der Waals surface area (Å²) in [4.78, 5) is 26.9. The van der Waals surface area contributed by atoms with E-state index in [0.717, 1.165) is 59.6 Å². The van der Waals surface area contributed by atoms with Crippen LogP contribution in [0.2, 0.25) is 0 Å². The number of nitrogens with one attached hydrogen (secondary N) is 1. The van der Waals surface area contributed by atoms with Gasteiger partial charge in [-0.25, -0.2) is 9.97 Å². The first kappa shape index (κ1) is 21.6. The minimum absolute atomic E-state index is 0.00803. The van der Waals surface area contributed by atoms with E-state index in [1.165, 1.54) is 16.0 Å². The van der Waals surface area contributed by atoms with Crippen molar-refractivity contribution in [1.29, 1.82) is 0 Å². The second-order valence-electron chi connectivity index (χ2n) is 8.73. The molecule has 1 aliphatic rings. The zero-order chi connectivity index (χ0) is 22.8. The van der Waals surface area contributed by atoms with Crippen LogP contribution in [0.3, 0.4) is 0 Å². The van der Waals surface area contributed by atoms with Crippen molar-refractivity contribution in [2.45, 2.75) is 33.1 Å². The van der Waals surface area contributed by atoms with E-state index in [2.05, 4.69) is 64.4 Å². The molecule has 6 heteroatoms. The molecule has 1 N–H and O–H groups in total. The monoisotopic (exact) mass is 456 g/mol. The number of carbonyl (C=O) groups is 1. The Balaban J connectivity index is 1.26. The van der Waals surface area contributed by atoms with Gasteiger partial charge >= 0.3 is 0 Å². The SMILES string of the molecule is Cc1sc2ncnc(N3CCC(C(=O)Nc4ccccc4Cc4ccccc4)CC3)c2c1C. The van der Waals surface area contributed by atoms with Gasteiger partial charge in [-0.3, -0.25) is 4.79 Å². The molecule has 1 saturated heterocycles. The summed E-state index contributed by atoms with van der Waals surface area (Å²) >= 11 is 1.72. The molecule has 0 bridgehead atoms. The summed E-state index contributed by atoms with van der Waals surface area (Å²) < 4.78 is 0. The van der Waals surface area contributed by atoms with E-state index in [4.69, 9.17) is 0 Å². The van der Waals surface area contributed by atoms with Crippen molar-refractivity contribution >= 4 is 39.0 Å². The van der Waals surface area contributed by atoms with E-state index in [1.54, 1.807) is 17.7 Å². The smallest absolute Gasteiger partial charge is 0.227 e. The van der Waals surface area contributed by atoms with Crippen LogP contribution in [0.5, 0.6) is 0 Å². The number of rotatable bonds is 5. The molecule has 33 heavy (non-hydrogen) atoms. The third kappa shape index (κ3) is 4.48. The van der Waals surface area contributed by atoms with E-state index in [9.17, 15) is 4.79 Å². The van der Waals surface area contributed by atoms with Crippen LogP contribution in [0.1, 0.15) is 34.4 Å². The highest BCUT2D eigenvalue weighted by Crippen LogP contribution is 2.35. The normalized spacial score (nSPS) is 14.5. The molecule has 1 fully saturated rings. The van der Waals surface area contributed by atoms with Crippen molar-refractivity contribution in [2.24, 2.45) is 5.92 Å².